The molecule has 0 aliphatic heterocycles. The summed E-state index contributed by atoms with van der Waals surface area (Å²) in [6.45, 7) is 1.46. The highest BCUT2D eigenvalue weighted by Gasteiger charge is 2.16. The van der Waals surface area contributed by atoms with Crippen LogP contribution in [0, 0.1) is 16.3 Å². The molecular weight excluding hydrogens is 276 g/mol. The van der Waals surface area contributed by atoms with Gasteiger partial charge in [-0.2, -0.15) is 0 Å². The second kappa shape index (κ2) is 3.34. The van der Waals surface area contributed by atoms with Crippen molar-refractivity contribution < 1.29 is 14.3 Å². The molecule has 1 rings (SSSR count). The van der Waals surface area contributed by atoms with Crippen molar-refractivity contribution in [1.29, 1.82) is 0 Å². The molecule has 1 aromatic rings. The number of aromatic carboxylic acids is 1. The zero-order chi connectivity index (χ0) is 9.30. The van der Waals surface area contributed by atoms with Crippen LogP contribution in [0.15, 0.2) is 6.20 Å². The number of halogens is 2. The van der Waals surface area contributed by atoms with Gasteiger partial charge in [-0.05, 0) is 29.5 Å². The summed E-state index contributed by atoms with van der Waals surface area (Å²) in [5.41, 5.74) is -0.151. The van der Waals surface area contributed by atoms with Crippen molar-refractivity contribution in [2.24, 2.45) is 0 Å². The number of pyridine rings is 1. The van der Waals surface area contributed by atoms with Crippen molar-refractivity contribution in [3.8, 4) is 0 Å². The SMILES string of the molecule is Cc1ncc(I)c(F)c1C(=O)O. The first-order valence-corrected chi connectivity index (χ1v) is 4.15. The van der Waals surface area contributed by atoms with Crippen molar-refractivity contribution in [1.82, 2.24) is 4.98 Å². The number of hydrogen-bond acceptors (Lipinski definition) is 2. The van der Waals surface area contributed by atoms with Crippen LogP contribution in [0.25, 0.3) is 0 Å². The maximum Gasteiger partial charge on any atom is 0.340 e. The van der Waals surface area contributed by atoms with E-state index in [1.165, 1.54) is 13.1 Å². The lowest BCUT2D eigenvalue weighted by Crippen LogP contribution is -2.07. The first-order valence-electron chi connectivity index (χ1n) is 3.08. The summed E-state index contributed by atoms with van der Waals surface area (Å²) in [6, 6.07) is 0. The van der Waals surface area contributed by atoms with E-state index in [-0.39, 0.29) is 14.8 Å². The van der Waals surface area contributed by atoms with Crippen LogP contribution in [0.3, 0.4) is 0 Å². The second-order valence-electron chi connectivity index (χ2n) is 2.19. The Balaban J connectivity index is 3.43. The summed E-state index contributed by atoms with van der Waals surface area (Å²) in [4.78, 5) is 14.2. The topological polar surface area (TPSA) is 50.2 Å². The zero-order valence-electron chi connectivity index (χ0n) is 6.14. The van der Waals surface area contributed by atoms with Gasteiger partial charge in [0.25, 0.3) is 0 Å². The predicted octanol–water partition coefficient (Wildman–Crippen LogP) is 1.83. The van der Waals surface area contributed by atoms with E-state index in [0.29, 0.717) is 0 Å². The number of nitrogens with zero attached hydrogens (tertiary/aromatic N) is 1. The lowest BCUT2D eigenvalue weighted by molar-refractivity contribution is 0.0690. The highest BCUT2D eigenvalue weighted by molar-refractivity contribution is 14.1. The third-order valence-corrected chi connectivity index (χ3v) is 2.13. The van der Waals surface area contributed by atoms with E-state index in [0.717, 1.165) is 0 Å². The van der Waals surface area contributed by atoms with Crippen LogP contribution in [0.4, 0.5) is 4.39 Å². The molecule has 64 valence electrons. The molecule has 5 heteroatoms. The minimum absolute atomic E-state index is 0.195. The van der Waals surface area contributed by atoms with Crippen LogP contribution >= 0.6 is 22.6 Å². The Kier molecular flexibility index (Phi) is 2.61. The monoisotopic (exact) mass is 281 g/mol. The minimum atomic E-state index is -1.28. The van der Waals surface area contributed by atoms with Gasteiger partial charge < -0.3 is 5.11 Å². The normalized spacial score (nSPS) is 9.92. The van der Waals surface area contributed by atoms with Crippen LogP contribution < -0.4 is 0 Å². The van der Waals surface area contributed by atoms with E-state index in [2.05, 4.69) is 4.98 Å². The Bertz CT molecular complexity index is 340. The number of rotatable bonds is 1. The smallest absolute Gasteiger partial charge is 0.340 e. The van der Waals surface area contributed by atoms with E-state index >= 15 is 0 Å². The fourth-order valence-electron chi connectivity index (χ4n) is 0.802. The summed E-state index contributed by atoms with van der Waals surface area (Å²) in [7, 11) is 0. The van der Waals surface area contributed by atoms with Gasteiger partial charge in [-0.25, -0.2) is 9.18 Å². The van der Waals surface area contributed by atoms with E-state index in [1.807, 2.05) is 0 Å². The first-order chi connectivity index (χ1) is 5.54. The number of carboxylic acids is 1. The molecule has 0 aliphatic rings. The van der Waals surface area contributed by atoms with Gasteiger partial charge >= 0.3 is 5.97 Å². The summed E-state index contributed by atoms with van der Waals surface area (Å²) < 4.78 is 13.3. The van der Waals surface area contributed by atoms with Gasteiger partial charge in [-0.3, -0.25) is 4.98 Å². The van der Waals surface area contributed by atoms with Gasteiger partial charge in [0, 0.05) is 6.20 Å². The fourth-order valence-corrected chi connectivity index (χ4v) is 1.21. The number of aryl methyl sites for hydroxylation is 1. The van der Waals surface area contributed by atoms with E-state index in [4.69, 9.17) is 5.11 Å². The number of carboxylic acid groups (broad SMARTS) is 1. The van der Waals surface area contributed by atoms with Crippen molar-refractivity contribution in [3.05, 3.63) is 26.8 Å². The van der Waals surface area contributed by atoms with E-state index in [9.17, 15) is 9.18 Å². The summed E-state index contributed by atoms with van der Waals surface area (Å²) in [5.74, 6) is -1.99. The minimum Gasteiger partial charge on any atom is -0.478 e. The predicted molar refractivity (Wildman–Crippen MR) is 48.6 cm³/mol. The number of hydrogen-bond donors (Lipinski definition) is 1. The molecule has 0 aliphatic carbocycles. The molecule has 0 atom stereocenters. The van der Waals surface area contributed by atoms with Crippen molar-refractivity contribution in [2.45, 2.75) is 6.92 Å². The molecular formula is C7H5FINO2. The average molecular weight is 281 g/mol. The lowest BCUT2D eigenvalue weighted by atomic mass is 10.2. The fraction of sp³-hybridized carbons (Fsp3) is 0.143. The molecule has 0 bridgehead atoms. The summed E-state index contributed by atoms with van der Waals surface area (Å²) in [6.07, 6.45) is 1.30. The van der Waals surface area contributed by atoms with Crippen LogP contribution in [-0.4, -0.2) is 16.1 Å². The standard InChI is InChI=1S/C7H5FINO2/c1-3-5(7(11)12)6(8)4(9)2-10-3/h2H,1H3,(H,11,12). The zero-order valence-corrected chi connectivity index (χ0v) is 8.29. The highest BCUT2D eigenvalue weighted by Crippen LogP contribution is 2.16. The van der Waals surface area contributed by atoms with Gasteiger partial charge in [-0.1, -0.05) is 0 Å². The van der Waals surface area contributed by atoms with E-state index in [1.54, 1.807) is 22.6 Å². The Morgan fingerprint density at radius 2 is 2.33 bits per heavy atom. The first kappa shape index (κ1) is 9.37. The number of aromatic nitrogens is 1. The maximum absolute atomic E-state index is 13.1. The van der Waals surface area contributed by atoms with Crippen molar-refractivity contribution >= 4 is 28.6 Å². The third-order valence-electron chi connectivity index (χ3n) is 1.38. The van der Waals surface area contributed by atoms with Gasteiger partial charge in [-0.15, -0.1) is 0 Å². The van der Waals surface area contributed by atoms with Crippen LogP contribution in [0.5, 0.6) is 0 Å². The molecule has 12 heavy (non-hydrogen) atoms. The molecule has 3 nitrogen and oxygen atoms in total. The van der Waals surface area contributed by atoms with Crippen LogP contribution in [-0.2, 0) is 0 Å². The third kappa shape index (κ3) is 1.55. The lowest BCUT2D eigenvalue weighted by Gasteiger charge is -2.01. The molecule has 0 unspecified atom stereocenters. The van der Waals surface area contributed by atoms with Gasteiger partial charge in [0.05, 0.1) is 9.26 Å². The molecule has 0 amide bonds. The molecule has 1 N–H and O–H groups in total. The van der Waals surface area contributed by atoms with Gasteiger partial charge in [0.2, 0.25) is 0 Å². The van der Waals surface area contributed by atoms with Crippen LogP contribution in [0.1, 0.15) is 16.1 Å². The van der Waals surface area contributed by atoms with Gasteiger partial charge in [0.1, 0.15) is 5.56 Å². The van der Waals surface area contributed by atoms with E-state index < -0.39 is 11.8 Å². The van der Waals surface area contributed by atoms with Crippen molar-refractivity contribution in [2.75, 3.05) is 0 Å². The Morgan fingerprint density at radius 3 is 2.75 bits per heavy atom. The average Bonchev–Trinajstić information content (AvgIpc) is 1.97. The molecule has 1 aromatic heterocycles. The highest BCUT2D eigenvalue weighted by atomic mass is 127. The molecule has 0 spiro atoms. The van der Waals surface area contributed by atoms with Crippen molar-refractivity contribution in [3.63, 3.8) is 0 Å². The quantitative estimate of drug-likeness (QED) is 0.799. The Morgan fingerprint density at radius 1 is 1.75 bits per heavy atom. The van der Waals surface area contributed by atoms with Gasteiger partial charge in [0.15, 0.2) is 5.82 Å². The van der Waals surface area contributed by atoms with Crippen LogP contribution in [0.2, 0.25) is 0 Å². The number of carbonyl (C=O) groups is 1. The second-order valence-corrected chi connectivity index (χ2v) is 3.35. The summed E-state index contributed by atoms with van der Waals surface area (Å²) in [5, 5.41) is 8.59. The Labute approximate surface area is 81.8 Å². The molecule has 1 heterocycles. The molecule has 0 aromatic carbocycles. The Hall–Kier alpha value is -0.720. The largest absolute Gasteiger partial charge is 0.478 e. The molecule has 0 saturated heterocycles. The summed E-state index contributed by atoms with van der Waals surface area (Å²) >= 11 is 1.70. The molecule has 0 fully saturated rings. The molecule has 0 radical (unpaired) electrons. The maximum atomic E-state index is 13.1. The molecule has 0 saturated carbocycles.